The van der Waals surface area contributed by atoms with E-state index in [4.69, 9.17) is 4.74 Å². The van der Waals surface area contributed by atoms with Crippen molar-refractivity contribution in [2.75, 3.05) is 31.6 Å². The van der Waals surface area contributed by atoms with Crippen LogP contribution in [0.15, 0.2) is 36.7 Å². The van der Waals surface area contributed by atoms with Crippen molar-refractivity contribution >= 4 is 22.8 Å². The van der Waals surface area contributed by atoms with E-state index in [-0.39, 0.29) is 34.3 Å². The number of morpholine rings is 1. The largest absolute Gasteiger partial charge is 0.373 e. The number of aryl methyl sites for hydroxylation is 1. The predicted molar refractivity (Wildman–Crippen MR) is 165 cm³/mol. The van der Waals surface area contributed by atoms with Gasteiger partial charge >= 0.3 is 0 Å². The first kappa shape index (κ1) is 30.9. The van der Waals surface area contributed by atoms with Crippen molar-refractivity contribution in [2.24, 2.45) is 0 Å². The first-order valence-electron chi connectivity index (χ1n) is 14.8. The van der Waals surface area contributed by atoms with Crippen molar-refractivity contribution in [3.8, 4) is 11.3 Å². The smallest absolute Gasteiger partial charge is 0.229 e. The zero-order chi connectivity index (χ0) is 30.9. The third kappa shape index (κ3) is 7.34. The molecule has 9 nitrogen and oxygen atoms in total. The monoisotopic (exact) mass is 592 g/mol. The van der Waals surface area contributed by atoms with Crippen LogP contribution < -0.4 is 10.6 Å². The van der Waals surface area contributed by atoms with E-state index < -0.39 is 11.6 Å². The fourth-order valence-corrected chi connectivity index (χ4v) is 5.66. The molecule has 3 aromatic heterocycles. The lowest BCUT2D eigenvalue weighted by Crippen LogP contribution is -2.51. The molecule has 1 aliphatic rings. The zero-order valence-electron chi connectivity index (χ0n) is 26.1. The fraction of sp³-hybridized carbons (Fsp3) is 0.500. The van der Waals surface area contributed by atoms with Gasteiger partial charge in [0.25, 0.3) is 0 Å². The minimum Gasteiger partial charge on any atom is -0.373 e. The van der Waals surface area contributed by atoms with E-state index in [1.165, 1.54) is 6.07 Å². The highest BCUT2D eigenvalue weighted by atomic mass is 19.1. The number of nitrogens with zero attached hydrogens (tertiary/aromatic N) is 6. The highest BCUT2D eigenvalue weighted by Crippen LogP contribution is 2.30. The van der Waals surface area contributed by atoms with Crippen LogP contribution in [0, 0.1) is 18.6 Å². The number of rotatable bonds is 9. The van der Waals surface area contributed by atoms with Crippen LogP contribution in [-0.2, 0) is 11.3 Å². The number of nitrogens with one attached hydrogen (secondary N) is 2. The Morgan fingerprint density at radius 1 is 1.07 bits per heavy atom. The number of fused-ring (bicyclic) bond motifs is 1. The summed E-state index contributed by atoms with van der Waals surface area (Å²) in [5.74, 6) is 0.209. The first-order chi connectivity index (χ1) is 20.3. The van der Waals surface area contributed by atoms with Crippen LogP contribution in [0.2, 0.25) is 0 Å². The van der Waals surface area contributed by atoms with Gasteiger partial charge in [0.05, 0.1) is 23.9 Å². The molecule has 0 spiro atoms. The van der Waals surface area contributed by atoms with Crippen LogP contribution in [0.3, 0.4) is 0 Å². The van der Waals surface area contributed by atoms with Crippen molar-refractivity contribution in [1.29, 1.82) is 0 Å². The van der Waals surface area contributed by atoms with Gasteiger partial charge in [-0.1, -0.05) is 6.07 Å². The van der Waals surface area contributed by atoms with Crippen LogP contribution in [0.1, 0.15) is 65.4 Å². The highest BCUT2D eigenvalue weighted by molar-refractivity contribution is 5.83. The number of pyridine rings is 1. The summed E-state index contributed by atoms with van der Waals surface area (Å²) < 4.78 is 38.0. The van der Waals surface area contributed by atoms with Gasteiger partial charge in [0, 0.05) is 43.0 Å². The van der Waals surface area contributed by atoms with E-state index in [0.717, 1.165) is 44.4 Å². The summed E-state index contributed by atoms with van der Waals surface area (Å²) in [5.41, 5.74) is 2.10. The summed E-state index contributed by atoms with van der Waals surface area (Å²) >= 11 is 0. The molecule has 2 N–H and O–H groups in total. The van der Waals surface area contributed by atoms with Gasteiger partial charge in [0.1, 0.15) is 22.9 Å². The second-order valence-corrected chi connectivity index (χ2v) is 13.0. The standard InChI is InChI=1S/C32H42F2N8O/c1-20(2)42-21(3)38-29-24(33)14-23(15-26(29)42)28-25(34)17-36-30(40-28)39-27-9-8-22(16-35-27)18-41-12-13-43-32(7,19-41)10-11-37-31(4,5)6/h8-9,14-17,20,37H,10-13,18-19H2,1-7H3,(H,35,36,39,40)/t32-/m1/s1. The molecule has 4 heterocycles. The molecule has 1 aromatic carbocycles. The fourth-order valence-electron chi connectivity index (χ4n) is 5.66. The molecule has 0 aliphatic carbocycles. The van der Waals surface area contributed by atoms with Gasteiger partial charge in [-0.2, -0.15) is 0 Å². The Bertz CT molecular complexity index is 1580. The molecule has 4 aromatic rings. The summed E-state index contributed by atoms with van der Waals surface area (Å²) in [5, 5.41) is 6.60. The Labute approximate surface area is 252 Å². The minimum atomic E-state index is -0.647. The maximum absolute atomic E-state index is 15.0. The van der Waals surface area contributed by atoms with Gasteiger partial charge in [0.15, 0.2) is 11.6 Å². The summed E-state index contributed by atoms with van der Waals surface area (Å²) in [6, 6.07) is 6.90. The van der Waals surface area contributed by atoms with Gasteiger partial charge in [-0.25, -0.2) is 28.7 Å². The highest BCUT2D eigenvalue weighted by Gasteiger charge is 2.32. The summed E-state index contributed by atoms with van der Waals surface area (Å²) in [6.07, 6.45) is 3.83. The molecular weight excluding hydrogens is 550 g/mol. The van der Waals surface area contributed by atoms with Crippen molar-refractivity contribution in [1.82, 2.24) is 34.7 Å². The third-order valence-electron chi connectivity index (χ3n) is 7.66. The molecule has 5 rings (SSSR count). The molecule has 230 valence electrons. The molecule has 0 bridgehead atoms. The lowest BCUT2D eigenvalue weighted by molar-refractivity contribution is -0.104. The lowest BCUT2D eigenvalue weighted by Gasteiger charge is -2.41. The van der Waals surface area contributed by atoms with Crippen molar-refractivity contribution in [2.45, 2.75) is 78.6 Å². The average molecular weight is 593 g/mol. The van der Waals surface area contributed by atoms with Gasteiger partial charge < -0.3 is 19.9 Å². The van der Waals surface area contributed by atoms with Crippen LogP contribution in [-0.4, -0.2) is 66.8 Å². The van der Waals surface area contributed by atoms with Crippen molar-refractivity contribution < 1.29 is 13.5 Å². The molecule has 0 amide bonds. The van der Waals surface area contributed by atoms with E-state index in [9.17, 15) is 4.39 Å². The third-order valence-corrected chi connectivity index (χ3v) is 7.66. The Kier molecular flexibility index (Phi) is 8.78. The van der Waals surface area contributed by atoms with Gasteiger partial charge in [-0.15, -0.1) is 0 Å². The molecule has 0 saturated carbocycles. The van der Waals surface area contributed by atoms with Crippen LogP contribution >= 0.6 is 0 Å². The SMILES string of the molecule is Cc1nc2c(F)cc(-c3nc(Nc4ccc(CN5CCO[C@](C)(CCNC(C)(C)C)C5)cn4)ncc3F)cc2n1C(C)C. The average Bonchev–Trinajstić information content (AvgIpc) is 3.26. The molecule has 1 aliphatic heterocycles. The van der Waals surface area contributed by atoms with E-state index >= 15 is 4.39 Å². The van der Waals surface area contributed by atoms with Gasteiger partial charge in [0.2, 0.25) is 5.95 Å². The number of benzene rings is 1. The number of aromatic nitrogens is 5. The van der Waals surface area contributed by atoms with Crippen molar-refractivity contribution in [3.05, 3.63) is 59.7 Å². The quantitative estimate of drug-likeness (QED) is 0.239. The van der Waals surface area contributed by atoms with Crippen LogP contribution in [0.5, 0.6) is 0 Å². The van der Waals surface area contributed by atoms with E-state index in [2.05, 4.69) is 63.2 Å². The zero-order valence-corrected chi connectivity index (χ0v) is 26.1. The summed E-state index contributed by atoms with van der Waals surface area (Å²) in [6.45, 7) is 18.6. The summed E-state index contributed by atoms with van der Waals surface area (Å²) in [4.78, 5) is 19.8. The molecule has 0 unspecified atom stereocenters. The topological polar surface area (TPSA) is 93.0 Å². The molecule has 11 heteroatoms. The number of hydrogen-bond donors (Lipinski definition) is 2. The normalized spacial score (nSPS) is 18.1. The number of imidazole rings is 1. The Morgan fingerprint density at radius 3 is 2.56 bits per heavy atom. The number of ether oxygens (including phenoxy) is 1. The second-order valence-electron chi connectivity index (χ2n) is 13.0. The lowest BCUT2D eigenvalue weighted by atomic mass is 9.98. The van der Waals surface area contributed by atoms with Crippen molar-refractivity contribution in [3.63, 3.8) is 0 Å². The van der Waals surface area contributed by atoms with Gasteiger partial charge in [-0.3, -0.25) is 4.90 Å². The summed E-state index contributed by atoms with van der Waals surface area (Å²) in [7, 11) is 0. The minimum absolute atomic E-state index is 0.00264. The molecule has 1 saturated heterocycles. The van der Waals surface area contributed by atoms with E-state index in [1.807, 2.05) is 43.7 Å². The maximum Gasteiger partial charge on any atom is 0.229 e. The molecule has 43 heavy (non-hydrogen) atoms. The number of anilines is 2. The first-order valence-corrected chi connectivity index (χ1v) is 14.8. The molecule has 0 radical (unpaired) electrons. The van der Waals surface area contributed by atoms with Gasteiger partial charge in [-0.05, 0) is 85.2 Å². The van der Waals surface area contributed by atoms with E-state index in [1.54, 1.807) is 6.07 Å². The Balaban J connectivity index is 1.27. The molecular formula is C32H42F2N8O. The second kappa shape index (κ2) is 12.2. The predicted octanol–water partition coefficient (Wildman–Crippen LogP) is 6.17. The van der Waals surface area contributed by atoms with Crippen LogP contribution in [0.4, 0.5) is 20.5 Å². The van der Waals surface area contributed by atoms with Crippen LogP contribution in [0.25, 0.3) is 22.3 Å². The maximum atomic E-state index is 15.0. The number of hydrogen-bond acceptors (Lipinski definition) is 8. The molecule has 1 atom stereocenters. The number of halogens is 2. The molecule has 1 fully saturated rings. The Hall–Kier alpha value is -3.54. The van der Waals surface area contributed by atoms with E-state index in [0.29, 0.717) is 29.3 Å². The Morgan fingerprint density at radius 2 is 1.86 bits per heavy atom.